The van der Waals surface area contributed by atoms with Gasteiger partial charge in [-0.2, -0.15) is 9.78 Å². The van der Waals surface area contributed by atoms with E-state index >= 15 is 0 Å². The summed E-state index contributed by atoms with van der Waals surface area (Å²) in [6, 6.07) is 11.6. The Balaban J connectivity index is 1.60. The van der Waals surface area contributed by atoms with Crippen LogP contribution in [-0.4, -0.2) is 41.5 Å². The summed E-state index contributed by atoms with van der Waals surface area (Å²) in [5.74, 6) is 2.54. The fourth-order valence-corrected chi connectivity index (χ4v) is 5.21. The molecule has 1 atom stereocenters. The Hall–Kier alpha value is -3.59. The van der Waals surface area contributed by atoms with Gasteiger partial charge in [0.1, 0.15) is 11.6 Å². The minimum Gasteiger partial charge on any atom is -0.497 e. The van der Waals surface area contributed by atoms with Gasteiger partial charge in [-0.15, -0.1) is 0 Å². The van der Waals surface area contributed by atoms with E-state index in [0.717, 1.165) is 32.8 Å². The molecule has 0 aliphatic carbocycles. The fraction of sp³-hybridized carbons (Fsp3) is 0.292. The number of fused-ring (bicyclic) bond motifs is 2. The van der Waals surface area contributed by atoms with Gasteiger partial charge in [-0.25, -0.2) is 4.98 Å². The first-order valence-electron chi connectivity index (χ1n) is 10.7. The van der Waals surface area contributed by atoms with E-state index in [0.29, 0.717) is 35.5 Å². The largest absolute Gasteiger partial charge is 0.497 e. The highest BCUT2D eigenvalue weighted by atomic mass is 32.1. The Morgan fingerprint density at radius 3 is 2.76 bits per heavy atom. The Kier molecular flexibility index (Phi) is 5.41. The maximum Gasteiger partial charge on any atom is 0.226 e. The van der Waals surface area contributed by atoms with Crippen LogP contribution in [0.3, 0.4) is 0 Å². The summed E-state index contributed by atoms with van der Waals surface area (Å²) in [5, 5.41) is 8.47. The van der Waals surface area contributed by atoms with Gasteiger partial charge in [0.05, 0.1) is 36.7 Å². The van der Waals surface area contributed by atoms with E-state index in [9.17, 15) is 4.79 Å². The zero-order valence-electron chi connectivity index (χ0n) is 18.8. The normalized spacial score (nSPS) is 15.3. The monoisotopic (exact) mass is 464 g/mol. The average molecular weight is 465 g/mol. The molecule has 1 unspecified atom stereocenters. The number of nitrogens with zero attached hydrogens (tertiary/aromatic N) is 3. The van der Waals surface area contributed by atoms with E-state index in [4.69, 9.17) is 24.3 Å². The molecule has 0 spiro atoms. The zero-order valence-corrected chi connectivity index (χ0v) is 19.7. The van der Waals surface area contributed by atoms with E-state index in [-0.39, 0.29) is 11.8 Å². The van der Waals surface area contributed by atoms with Gasteiger partial charge in [-0.1, -0.05) is 17.4 Å². The van der Waals surface area contributed by atoms with Crippen LogP contribution in [-0.2, 0) is 4.79 Å². The number of carbonyl (C=O) groups is 1. The summed E-state index contributed by atoms with van der Waals surface area (Å²) in [4.78, 5) is 17.5. The summed E-state index contributed by atoms with van der Waals surface area (Å²) in [7, 11) is 3.26. The lowest BCUT2D eigenvalue weighted by Crippen LogP contribution is -2.25. The summed E-state index contributed by atoms with van der Waals surface area (Å²) in [6.45, 7) is 4.44. The number of methoxy groups -OCH3 is 2. The number of carbonyl (C=O) groups excluding carboxylic acids is 1. The molecule has 5 rings (SSSR count). The highest BCUT2D eigenvalue weighted by molar-refractivity contribution is 7.20. The molecule has 2 aromatic heterocycles. The molecule has 0 bridgehead atoms. The summed E-state index contributed by atoms with van der Waals surface area (Å²) in [5.41, 5.74) is 3.66. The first-order chi connectivity index (χ1) is 16.0. The van der Waals surface area contributed by atoms with Gasteiger partial charge >= 0.3 is 0 Å². The average Bonchev–Trinajstić information content (AvgIpc) is 3.39. The lowest BCUT2D eigenvalue weighted by molar-refractivity contribution is -0.116. The van der Waals surface area contributed by atoms with Crippen LogP contribution >= 0.6 is 11.3 Å². The van der Waals surface area contributed by atoms with Gasteiger partial charge in [0.15, 0.2) is 11.5 Å². The smallest absolute Gasteiger partial charge is 0.226 e. The van der Waals surface area contributed by atoms with Crippen LogP contribution in [0.2, 0.25) is 0 Å². The van der Waals surface area contributed by atoms with Crippen molar-refractivity contribution < 1.29 is 19.0 Å². The number of thiazole rings is 1. The van der Waals surface area contributed by atoms with Crippen LogP contribution in [0.1, 0.15) is 36.1 Å². The van der Waals surface area contributed by atoms with Crippen molar-refractivity contribution in [3.05, 3.63) is 53.2 Å². The van der Waals surface area contributed by atoms with Crippen molar-refractivity contribution in [2.24, 2.45) is 0 Å². The first-order valence-corrected chi connectivity index (χ1v) is 11.5. The standard InChI is InChI=1S/C24H24N4O4S/c1-5-32-18-9-6-14(10-19(18)31-4)16-12-21(29)26-23-22(16)13(2)27-28(23)24-25-17-8-7-15(30-3)11-20(17)33-24/h6-11,16H,5,12H2,1-4H3,(H,26,29). The second-order valence-corrected chi connectivity index (χ2v) is 8.75. The van der Waals surface area contributed by atoms with E-state index < -0.39 is 0 Å². The highest BCUT2D eigenvalue weighted by Gasteiger charge is 2.33. The molecule has 0 radical (unpaired) electrons. The van der Waals surface area contributed by atoms with Gasteiger partial charge in [0.2, 0.25) is 11.0 Å². The number of hydrogen-bond donors (Lipinski definition) is 1. The van der Waals surface area contributed by atoms with Crippen LogP contribution in [0.5, 0.6) is 17.2 Å². The molecular formula is C24H24N4O4S. The van der Waals surface area contributed by atoms with Crippen molar-refractivity contribution >= 4 is 33.3 Å². The number of nitrogens with one attached hydrogen (secondary N) is 1. The fourth-order valence-electron chi connectivity index (χ4n) is 4.26. The molecule has 1 amide bonds. The van der Waals surface area contributed by atoms with Gasteiger partial charge in [-0.3, -0.25) is 4.79 Å². The molecule has 1 N–H and O–H groups in total. The molecule has 4 aromatic rings. The number of hydrogen-bond acceptors (Lipinski definition) is 7. The topological polar surface area (TPSA) is 87.5 Å². The van der Waals surface area contributed by atoms with Crippen molar-refractivity contribution in [1.29, 1.82) is 0 Å². The molecular weight excluding hydrogens is 440 g/mol. The number of aryl methyl sites for hydroxylation is 1. The molecule has 8 nitrogen and oxygen atoms in total. The van der Waals surface area contributed by atoms with Gasteiger partial charge in [0.25, 0.3) is 0 Å². The third kappa shape index (κ3) is 3.68. The molecule has 2 aromatic carbocycles. The van der Waals surface area contributed by atoms with Crippen molar-refractivity contribution in [1.82, 2.24) is 14.8 Å². The van der Waals surface area contributed by atoms with Crippen LogP contribution in [0.25, 0.3) is 15.3 Å². The second-order valence-electron chi connectivity index (χ2n) is 7.74. The number of benzene rings is 2. The lowest BCUT2D eigenvalue weighted by Gasteiger charge is -2.24. The maximum absolute atomic E-state index is 12.7. The number of ether oxygens (including phenoxy) is 3. The van der Waals surface area contributed by atoms with Crippen LogP contribution in [0.4, 0.5) is 5.82 Å². The minimum atomic E-state index is -0.151. The van der Waals surface area contributed by atoms with E-state index in [1.165, 1.54) is 11.3 Å². The zero-order chi connectivity index (χ0) is 23.1. The molecule has 0 saturated heterocycles. The SMILES string of the molecule is CCOc1ccc(C2CC(=O)Nc3c2c(C)nn3-c2nc3ccc(OC)cc3s2)cc1OC. The Labute approximate surface area is 195 Å². The molecule has 33 heavy (non-hydrogen) atoms. The first kappa shape index (κ1) is 21.3. The molecule has 1 aliphatic heterocycles. The molecule has 0 saturated carbocycles. The second kappa shape index (κ2) is 8.40. The Bertz CT molecular complexity index is 1360. The summed E-state index contributed by atoms with van der Waals surface area (Å²) in [6.07, 6.45) is 0.327. The van der Waals surface area contributed by atoms with E-state index in [1.54, 1.807) is 18.9 Å². The number of amides is 1. The van der Waals surface area contributed by atoms with Gasteiger partial charge in [0, 0.05) is 17.9 Å². The van der Waals surface area contributed by atoms with Crippen LogP contribution < -0.4 is 19.5 Å². The molecule has 9 heteroatoms. The number of rotatable bonds is 6. The Morgan fingerprint density at radius 1 is 1.15 bits per heavy atom. The molecule has 170 valence electrons. The van der Waals surface area contributed by atoms with Crippen LogP contribution in [0, 0.1) is 6.92 Å². The third-order valence-corrected chi connectivity index (χ3v) is 6.75. The third-order valence-electron chi connectivity index (χ3n) is 5.76. The molecule has 3 heterocycles. The Morgan fingerprint density at radius 2 is 2.00 bits per heavy atom. The lowest BCUT2D eigenvalue weighted by atomic mass is 9.85. The molecule has 1 aliphatic rings. The van der Waals surface area contributed by atoms with Gasteiger partial charge in [-0.05, 0) is 49.7 Å². The number of anilines is 1. The minimum absolute atomic E-state index is 0.0655. The van der Waals surface area contributed by atoms with Crippen molar-refractivity contribution in [3.8, 4) is 22.4 Å². The highest BCUT2D eigenvalue weighted by Crippen LogP contribution is 2.43. The predicted octanol–water partition coefficient (Wildman–Crippen LogP) is 4.68. The van der Waals surface area contributed by atoms with Crippen molar-refractivity contribution in [3.63, 3.8) is 0 Å². The van der Waals surface area contributed by atoms with Crippen molar-refractivity contribution in [2.45, 2.75) is 26.2 Å². The van der Waals surface area contributed by atoms with Crippen molar-refractivity contribution in [2.75, 3.05) is 26.1 Å². The van der Waals surface area contributed by atoms with Crippen LogP contribution in [0.15, 0.2) is 36.4 Å². The maximum atomic E-state index is 12.7. The van der Waals surface area contributed by atoms with E-state index in [1.807, 2.05) is 50.2 Å². The summed E-state index contributed by atoms with van der Waals surface area (Å²) < 4.78 is 19.2. The van der Waals surface area contributed by atoms with Gasteiger partial charge < -0.3 is 19.5 Å². The van der Waals surface area contributed by atoms with E-state index in [2.05, 4.69) is 5.32 Å². The quantitative estimate of drug-likeness (QED) is 0.446. The molecule has 0 fully saturated rings. The predicted molar refractivity (Wildman–Crippen MR) is 127 cm³/mol. The summed E-state index contributed by atoms with van der Waals surface area (Å²) >= 11 is 1.50. The number of aromatic nitrogens is 3.